The molecule has 1 N–H and O–H groups in total. The van der Waals surface area contributed by atoms with Crippen LogP contribution in [0.5, 0.6) is 0 Å². The summed E-state index contributed by atoms with van der Waals surface area (Å²) in [6, 6.07) is 2.98. The van der Waals surface area contributed by atoms with Crippen LogP contribution in [-0.4, -0.2) is 35.7 Å². The molecule has 1 aliphatic heterocycles. The number of aromatic nitrogens is 2. The van der Waals surface area contributed by atoms with Gasteiger partial charge < -0.3 is 5.32 Å². The zero-order chi connectivity index (χ0) is 14.0. The Kier molecular flexibility index (Phi) is 4.12. The van der Waals surface area contributed by atoms with Crippen LogP contribution in [-0.2, 0) is 16.4 Å². The van der Waals surface area contributed by atoms with Crippen LogP contribution in [0.25, 0.3) is 0 Å². The lowest BCUT2D eigenvalue weighted by Crippen LogP contribution is -2.37. The topological polar surface area (TPSA) is 64.0 Å². The molecule has 112 valence electrons. The van der Waals surface area contributed by atoms with E-state index in [0.29, 0.717) is 23.6 Å². The molecule has 0 unspecified atom stereocenters. The number of nitrogens with zero attached hydrogens (tertiary/aromatic N) is 2. The molecule has 0 amide bonds. The van der Waals surface area contributed by atoms with Crippen LogP contribution in [0.2, 0.25) is 0 Å². The van der Waals surface area contributed by atoms with E-state index in [9.17, 15) is 8.42 Å². The highest BCUT2D eigenvalue weighted by Crippen LogP contribution is 2.28. The molecule has 2 heterocycles. The van der Waals surface area contributed by atoms with Crippen molar-refractivity contribution in [2.24, 2.45) is 0 Å². The quantitative estimate of drug-likeness (QED) is 0.918. The lowest BCUT2D eigenvalue weighted by atomic mass is 10.1. The lowest BCUT2D eigenvalue weighted by Gasteiger charge is -2.22. The Labute approximate surface area is 120 Å². The summed E-state index contributed by atoms with van der Waals surface area (Å²) in [6.45, 7) is 0.741. The lowest BCUT2D eigenvalue weighted by molar-refractivity contribution is 0.442. The van der Waals surface area contributed by atoms with Crippen molar-refractivity contribution in [1.29, 1.82) is 0 Å². The summed E-state index contributed by atoms with van der Waals surface area (Å²) in [7, 11) is -2.77. The normalized spacial score (nSPS) is 24.2. The van der Waals surface area contributed by atoms with Gasteiger partial charge in [-0.3, -0.25) is 4.68 Å². The molecule has 2 aliphatic rings. The van der Waals surface area contributed by atoms with Gasteiger partial charge in [0.15, 0.2) is 0 Å². The van der Waals surface area contributed by atoms with Gasteiger partial charge in [-0.1, -0.05) is 12.8 Å². The van der Waals surface area contributed by atoms with Crippen LogP contribution in [0.1, 0.15) is 50.3 Å². The average molecular weight is 297 g/mol. The molecule has 0 aromatic carbocycles. The summed E-state index contributed by atoms with van der Waals surface area (Å²) in [5.41, 5.74) is 1.06. The molecule has 1 aromatic rings. The van der Waals surface area contributed by atoms with Crippen molar-refractivity contribution in [3.63, 3.8) is 0 Å². The van der Waals surface area contributed by atoms with E-state index < -0.39 is 9.84 Å². The smallest absolute Gasteiger partial charge is 0.150 e. The van der Waals surface area contributed by atoms with Crippen LogP contribution >= 0.6 is 0 Å². The third-order valence-corrected chi connectivity index (χ3v) is 6.20. The summed E-state index contributed by atoms with van der Waals surface area (Å²) < 4.78 is 24.9. The van der Waals surface area contributed by atoms with Crippen molar-refractivity contribution in [3.05, 3.63) is 18.0 Å². The number of nitrogens with one attached hydrogen (secondary N) is 1. The fraction of sp³-hybridized carbons (Fsp3) is 0.786. The molecule has 0 radical (unpaired) electrons. The van der Waals surface area contributed by atoms with Crippen LogP contribution in [0.4, 0.5) is 0 Å². The third kappa shape index (κ3) is 3.41. The summed E-state index contributed by atoms with van der Waals surface area (Å²) in [5, 5.41) is 8.08. The molecular formula is C14H23N3O2S. The van der Waals surface area contributed by atoms with Gasteiger partial charge in [0.25, 0.3) is 0 Å². The molecule has 2 fully saturated rings. The zero-order valence-corrected chi connectivity index (χ0v) is 12.6. The molecular weight excluding hydrogens is 274 g/mol. The maximum absolute atomic E-state index is 11.4. The predicted molar refractivity (Wildman–Crippen MR) is 78.2 cm³/mol. The van der Waals surface area contributed by atoms with Gasteiger partial charge in [-0.25, -0.2) is 8.42 Å². The van der Waals surface area contributed by atoms with E-state index in [1.165, 1.54) is 25.7 Å². The largest absolute Gasteiger partial charge is 0.308 e. The molecule has 6 heteroatoms. The van der Waals surface area contributed by atoms with E-state index in [1.807, 2.05) is 0 Å². The summed E-state index contributed by atoms with van der Waals surface area (Å²) in [6.07, 6.45) is 8.66. The molecule has 1 saturated heterocycles. The van der Waals surface area contributed by atoms with Gasteiger partial charge in [-0.2, -0.15) is 5.10 Å². The fourth-order valence-corrected chi connectivity index (χ4v) is 4.68. The van der Waals surface area contributed by atoms with Gasteiger partial charge in [-0.15, -0.1) is 0 Å². The monoisotopic (exact) mass is 297 g/mol. The Bertz CT molecular complexity index is 533. The first-order valence-corrected chi connectivity index (χ1v) is 9.42. The van der Waals surface area contributed by atoms with Gasteiger partial charge in [0.05, 0.1) is 23.2 Å². The minimum absolute atomic E-state index is 0.315. The highest BCUT2D eigenvalue weighted by atomic mass is 32.2. The van der Waals surface area contributed by atoms with Crippen molar-refractivity contribution >= 4 is 9.84 Å². The van der Waals surface area contributed by atoms with Crippen molar-refractivity contribution in [2.75, 3.05) is 11.5 Å². The highest BCUT2D eigenvalue weighted by molar-refractivity contribution is 7.91. The molecule has 0 atom stereocenters. The molecule has 1 aliphatic carbocycles. The van der Waals surface area contributed by atoms with Crippen molar-refractivity contribution < 1.29 is 8.42 Å². The first-order chi connectivity index (χ1) is 9.62. The molecule has 5 nitrogen and oxygen atoms in total. The predicted octanol–water partition coefficient (Wildman–Crippen LogP) is 1.66. The highest BCUT2D eigenvalue weighted by Gasteiger charge is 2.23. The maximum atomic E-state index is 11.4. The Morgan fingerprint density at radius 3 is 2.60 bits per heavy atom. The van der Waals surface area contributed by atoms with Crippen molar-refractivity contribution in [2.45, 2.75) is 57.2 Å². The van der Waals surface area contributed by atoms with E-state index in [4.69, 9.17) is 0 Å². The van der Waals surface area contributed by atoms with Crippen LogP contribution in [0.3, 0.4) is 0 Å². The van der Waals surface area contributed by atoms with Crippen LogP contribution in [0, 0.1) is 0 Å². The standard InChI is InChI=1S/C14H23N3O2S/c18-20(19)9-6-12(7-10-20)15-11-13-5-8-17(16-13)14-3-1-2-4-14/h5,8,12,14-15H,1-4,6-7,9-11H2. The fourth-order valence-electron chi connectivity index (χ4n) is 3.19. The second-order valence-corrected chi connectivity index (χ2v) is 8.34. The number of hydrogen-bond acceptors (Lipinski definition) is 4. The summed E-state index contributed by atoms with van der Waals surface area (Å²) in [5.74, 6) is 0.641. The molecule has 0 spiro atoms. The molecule has 1 saturated carbocycles. The van der Waals surface area contributed by atoms with Gasteiger partial charge in [0.1, 0.15) is 9.84 Å². The zero-order valence-electron chi connectivity index (χ0n) is 11.8. The Morgan fingerprint density at radius 2 is 1.90 bits per heavy atom. The summed E-state index contributed by atoms with van der Waals surface area (Å²) in [4.78, 5) is 0. The minimum atomic E-state index is -2.77. The number of hydrogen-bond donors (Lipinski definition) is 1. The van der Waals surface area contributed by atoms with Crippen molar-refractivity contribution in [3.8, 4) is 0 Å². The number of rotatable bonds is 4. The Hall–Kier alpha value is -0.880. The SMILES string of the molecule is O=S1(=O)CCC(NCc2ccn(C3CCCC3)n2)CC1. The molecule has 1 aromatic heterocycles. The average Bonchev–Trinajstić information content (AvgIpc) is 3.08. The van der Waals surface area contributed by atoms with E-state index in [2.05, 4.69) is 27.4 Å². The van der Waals surface area contributed by atoms with Gasteiger partial charge in [-0.05, 0) is 31.7 Å². The molecule has 0 bridgehead atoms. The molecule has 3 rings (SSSR count). The van der Waals surface area contributed by atoms with E-state index in [0.717, 1.165) is 25.1 Å². The van der Waals surface area contributed by atoms with Crippen molar-refractivity contribution in [1.82, 2.24) is 15.1 Å². The van der Waals surface area contributed by atoms with Gasteiger partial charge >= 0.3 is 0 Å². The van der Waals surface area contributed by atoms with E-state index >= 15 is 0 Å². The Balaban J connectivity index is 1.49. The summed E-state index contributed by atoms with van der Waals surface area (Å²) >= 11 is 0. The second kappa shape index (κ2) is 5.85. The first-order valence-electron chi connectivity index (χ1n) is 7.60. The first kappa shape index (κ1) is 14.1. The van der Waals surface area contributed by atoms with Crippen LogP contribution < -0.4 is 5.32 Å². The van der Waals surface area contributed by atoms with Gasteiger partial charge in [0.2, 0.25) is 0 Å². The third-order valence-electron chi connectivity index (χ3n) is 4.49. The van der Waals surface area contributed by atoms with E-state index in [1.54, 1.807) is 0 Å². The van der Waals surface area contributed by atoms with Gasteiger partial charge in [0, 0.05) is 18.8 Å². The van der Waals surface area contributed by atoms with E-state index in [-0.39, 0.29) is 0 Å². The molecule has 20 heavy (non-hydrogen) atoms. The minimum Gasteiger partial charge on any atom is -0.308 e. The second-order valence-electron chi connectivity index (χ2n) is 6.03. The van der Waals surface area contributed by atoms with Crippen LogP contribution in [0.15, 0.2) is 12.3 Å². The maximum Gasteiger partial charge on any atom is 0.150 e. The Morgan fingerprint density at radius 1 is 1.20 bits per heavy atom. The number of sulfone groups is 1.